The number of hydrogen-bond acceptors (Lipinski definition) is 6. The molecule has 8 nitrogen and oxygen atoms in total. The summed E-state index contributed by atoms with van der Waals surface area (Å²) in [4.78, 5) is 12.5. The van der Waals surface area contributed by atoms with Crippen LogP contribution in [0.4, 0.5) is 10.1 Å². The summed E-state index contributed by atoms with van der Waals surface area (Å²) in [6.45, 7) is 4.13. The maximum Gasteiger partial charge on any atom is 0.229 e. The summed E-state index contributed by atoms with van der Waals surface area (Å²) >= 11 is 6.02. The lowest BCUT2D eigenvalue weighted by molar-refractivity contribution is -0.120. The number of carbonyl (C=O) groups excluding carboxylic acids is 1. The third-order valence-electron chi connectivity index (χ3n) is 6.00. The first-order chi connectivity index (χ1) is 18.2. The average molecular weight is 578 g/mol. The molecule has 5 N–H and O–H groups in total. The van der Waals surface area contributed by atoms with Gasteiger partial charge in [0.05, 0.1) is 24.5 Å². The fourth-order valence-electron chi connectivity index (χ4n) is 4.09. The normalized spacial score (nSPS) is 12.7. The molecular formula is C28H33ClFN3O5S. The highest BCUT2D eigenvalue weighted by Crippen LogP contribution is 2.28. The molecule has 1 atom stereocenters. The minimum Gasteiger partial charge on any atom is -0.506 e. The van der Waals surface area contributed by atoms with Gasteiger partial charge in [0.1, 0.15) is 11.6 Å². The van der Waals surface area contributed by atoms with Crippen LogP contribution in [0.15, 0.2) is 60.7 Å². The van der Waals surface area contributed by atoms with Crippen LogP contribution in [0.5, 0.6) is 5.75 Å². The summed E-state index contributed by atoms with van der Waals surface area (Å²) in [5.74, 6) is -0.971. The van der Waals surface area contributed by atoms with Gasteiger partial charge in [0, 0.05) is 29.2 Å². The number of phenolic OH excluding ortho intramolecular Hbond substituents is 1. The van der Waals surface area contributed by atoms with Crippen LogP contribution in [0.1, 0.15) is 42.2 Å². The molecule has 210 valence electrons. The van der Waals surface area contributed by atoms with E-state index in [1.807, 2.05) is 38.1 Å². The highest BCUT2D eigenvalue weighted by atomic mass is 35.5. The third-order valence-corrected chi connectivity index (χ3v) is 6.95. The van der Waals surface area contributed by atoms with Crippen LogP contribution in [0.3, 0.4) is 0 Å². The number of nitrogens with one attached hydrogen (secondary N) is 3. The molecule has 0 aromatic heterocycles. The minimum absolute atomic E-state index is 0.00382. The summed E-state index contributed by atoms with van der Waals surface area (Å²) < 4.78 is 39.2. The minimum atomic E-state index is -3.60. The molecule has 39 heavy (non-hydrogen) atoms. The van der Waals surface area contributed by atoms with Crippen molar-refractivity contribution in [1.82, 2.24) is 10.6 Å². The van der Waals surface area contributed by atoms with Crippen LogP contribution in [0.2, 0.25) is 5.02 Å². The molecule has 0 saturated heterocycles. The van der Waals surface area contributed by atoms with Gasteiger partial charge in [0.15, 0.2) is 0 Å². The second kappa shape index (κ2) is 12.8. The van der Waals surface area contributed by atoms with Gasteiger partial charge in [0.2, 0.25) is 15.9 Å². The molecule has 0 bridgehead atoms. The van der Waals surface area contributed by atoms with Crippen molar-refractivity contribution in [3.05, 3.63) is 93.8 Å². The number of carbonyl (C=O) groups is 1. The van der Waals surface area contributed by atoms with Crippen LogP contribution >= 0.6 is 11.6 Å². The standard InChI is InChI=1S/C28H33ClFN3O5S/c1-28(2,32-17-26(35)20-10-11-25(34)24(14-20)33-39(3,37)38)15-19-7-4-6-18(12-19)13-27(36)31-16-21-22(29)8-5-9-23(21)30/h4-12,14,26,32-35H,13,15-17H2,1-3H3,(H,31,36)/t26-/m1/s1. The van der Waals surface area contributed by atoms with Gasteiger partial charge in [-0.2, -0.15) is 0 Å². The number of anilines is 1. The zero-order valence-electron chi connectivity index (χ0n) is 22.0. The van der Waals surface area contributed by atoms with Gasteiger partial charge in [-0.25, -0.2) is 12.8 Å². The molecule has 0 fully saturated rings. The Kier molecular flexibility index (Phi) is 9.95. The van der Waals surface area contributed by atoms with Crippen molar-refractivity contribution in [3.8, 4) is 5.75 Å². The molecule has 11 heteroatoms. The Hall–Kier alpha value is -3.18. The quantitative estimate of drug-likeness (QED) is 0.207. The first kappa shape index (κ1) is 30.4. The number of phenols is 1. The molecule has 0 saturated carbocycles. The number of benzene rings is 3. The first-order valence-electron chi connectivity index (χ1n) is 12.2. The van der Waals surface area contributed by atoms with Crippen LogP contribution < -0.4 is 15.4 Å². The van der Waals surface area contributed by atoms with Crippen molar-refractivity contribution in [3.63, 3.8) is 0 Å². The smallest absolute Gasteiger partial charge is 0.229 e. The number of halogens is 2. The Labute approximate surface area is 233 Å². The zero-order valence-corrected chi connectivity index (χ0v) is 23.5. The Morgan fingerprint density at radius 3 is 2.46 bits per heavy atom. The molecule has 0 aliphatic heterocycles. The Balaban J connectivity index is 1.56. The Bertz CT molecular complexity index is 1410. The number of hydrogen-bond donors (Lipinski definition) is 5. The molecule has 0 radical (unpaired) electrons. The van der Waals surface area contributed by atoms with Gasteiger partial charge in [-0.1, -0.05) is 48.0 Å². The van der Waals surface area contributed by atoms with Gasteiger partial charge < -0.3 is 20.8 Å². The number of rotatable bonds is 12. The van der Waals surface area contributed by atoms with Crippen molar-refractivity contribution in [2.75, 3.05) is 17.5 Å². The molecule has 0 spiro atoms. The van der Waals surface area contributed by atoms with Crippen molar-refractivity contribution in [1.29, 1.82) is 0 Å². The van der Waals surface area contributed by atoms with Crippen molar-refractivity contribution < 1.29 is 27.8 Å². The number of aliphatic hydroxyl groups is 1. The topological polar surface area (TPSA) is 128 Å². The van der Waals surface area contributed by atoms with E-state index < -0.39 is 27.5 Å². The van der Waals surface area contributed by atoms with Gasteiger partial charge in [0.25, 0.3) is 0 Å². The Morgan fingerprint density at radius 2 is 1.77 bits per heavy atom. The fraction of sp³-hybridized carbons (Fsp3) is 0.321. The lowest BCUT2D eigenvalue weighted by atomic mass is 9.93. The van der Waals surface area contributed by atoms with E-state index in [1.54, 1.807) is 6.07 Å². The van der Waals surface area contributed by atoms with E-state index in [4.69, 9.17) is 11.6 Å². The summed E-state index contributed by atoms with van der Waals surface area (Å²) in [6, 6.07) is 16.2. The second-order valence-corrected chi connectivity index (χ2v) is 12.2. The van der Waals surface area contributed by atoms with Crippen LogP contribution in [0.25, 0.3) is 0 Å². The fourth-order valence-corrected chi connectivity index (χ4v) is 4.88. The zero-order chi connectivity index (χ0) is 28.8. The van der Waals surface area contributed by atoms with E-state index in [2.05, 4.69) is 15.4 Å². The largest absolute Gasteiger partial charge is 0.506 e. The van der Waals surface area contributed by atoms with Crippen molar-refractivity contribution in [2.24, 2.45) is 0 Å². The van der Waals surface area contributed by atoms with E-state index in [-0.39, 0.29) is 47.4 Å². The third kappa shape index (κ3) is 9.50. The SMILES string of the molecule is CC(C)(Cc1cccc(CC(=O)NCc2c(F)cccc2Cl)c1)NC[C@@H](O)c1ccc(O)c(NS(C)(=O)=O)c1. The molecule has 0 aliphatic rings. The second-order valence-electron chi connectivity index (χ2n) is 10.1. The molecule has 3 aromatic carbocycles. The molecule has 0 heterocycles. The number of aromatic hydroxyl groups is 1. The molecular weight excluding hydrogens is 545 g/mol. The average Bonchev–Trinajstić information content (AvgIpc) is 2.83. The van der Waals surface area contributed by atoms with E-state index in [0.29, 0.717) is 12.0 Å². The molecule has 1 amide bonds. The van der Waals surface area contributed by atoms with Gasteiger partial charge in [-0.05, 0) is 61.2 Å². The number of sulfonamides is 1. The summed E-state index contributed by atoms with van der Waals surface area (Å²) in [6.07, 6.45) is 0.735. The molecule has 3 aromatic rings. The monoisotopic (exact) mass is 577 g/mol. The van der Waals surface area contributed by atoms with E-state index in [9.17, 15) is 27.8 Å². The molecule has 0 aliphatic carbocycles. The number of amides is 1. The lowest BCUT2D eigenvalue weighted by Gasteiger charge is -2.28. The highest BCUT2D eigenvalue weighted by Gasteiger charge is 2.21. The predicted octanol–water partition coefficient (Wildman–Crippen LogP) is 4.06. The van der Waals surface area contributed by atoms with E-state index in [0.717, 1.165) is 17.4 Å². The van der Waals surface area contributed by atoms with E-state index in [1.165, 1.54) is 30.3 Å². The number of aliphatic hydroxyl groups excluding tert-OH is 1. The highest BCUT2D eigenvalue weighted by molar-refractivity contribution is 7.92. The summed E-state index contributed by atoms with van der Waals surface area (Å²) in [5.41, 5.74) is 2.02. The molecule has 3 rings (SSSR count). The van der Waals surface area contributed by atoms with Crippen molar-refractivity contribution >= 4 is 33.2 Å². The van der Waals surface area contributed by atoms with Crippen LogP contribution in [0, 0.1) is 5.82 Å². The first-order valence-corrected chi connectivity index (χ1v) is 14.5. The molecule has 0 unspecified atom stereocenters. The van der Waals surface area contributed by atoms with E-state index >= 15 is 0 Å². The van der Waals surface area contributed by atoms with Crippen LogP contribution in [-0.2, 0) is 34.2 Å². The lowest BCUT2D eigenvalue weighted by Crippen LogP contribution is -2.43. The summed E-state index contributed by atoms with van der Waals surface area (Å²) in [5, 5.41) is 26.9. The maximum absolute atomic E-state index is 13.9. The predicted molar refractivity (Wildman–Crippen MR) is 151 cm³/mol. The Morgan fingerprint density at radius 1 is 1.08 bits per heavy atom. The van der Waals surface area contributed by atoms with Crippen molar-refractivity contribution in [2.45, 2.75) is 44.9 Å². The van der Waals surface area contributed by atoms with Gasteiger partial charge >= 0.3 is 0 Å². The van der Waals surface area contributed by atoms with Gasteiger partial charge in [-0.3, -0.25) is 9.52 Å². The number of β-amino-alcohol motifs (C(OH)–C–C–N with tert-alkyl or cyclic N) is 1. The van der Waals surface area contributed by atoms with Gasteiger partial charge in [-0.15, -0.1) is 0 Å². The summed E-state index contributed by atoms with van der Waals surface area (Å²) in [7, 11) is -3.60. The van der Waals surface area contributed by atoms with Crippen LogP contribution in [-0.4, -0.2) is 42.9 Å². The maximum atomic E-state index is 13.9.